The minimum Gasteiger partial charge on any atom is -0.496 e. The molecule has 0 spiro atoms. The van der Waals surface area contributed by atoms with Crippen LogP contribution in [0.25, 0.3) is 22.5 Å². The third-order valence-electron chi connectivity index (χ3n) is 5.19. The molecular formula is C25H27Br2N3O4. The molecule has 0 saturated heterocycles. The fourth-order valence-electron chi connectivity index (χ4n) is 3.42. The first-order valence-electron chi connectivity index (χ1n) is 10.9. The highest BCUT2D eigenvalue weighted by Gasteiger charge is 2.22. The number of aromatic nitrogens is 2. The van der Waals surface area contributed by atoms with E-state index >= 15 is 0 Å². The molecule has 7 nitrogen and oxygen atoms in total. The Labute approximate surface area is 216 Å². The summed E-state index contributed by atoms with van der Waals surface area (Å²) in [5, 5.41) is 2.86. The number of carbonyl (C=O) groups excluding carboxylic acids is 1. The zero-order chi connectivity index (χ0) is 24.7. The van der Waals surface area contributed by atoms with Crippen LogP contribution in [-0.4, -0.2) is 37.2 Å². The molecule has 0 atom stereocenters. The summed E-state index contributed by atoms with van der Waals surface area (Å²) >= 11 is 7.16. The molecule has 3 rings (SSSR count). The van der Waals surface area contributed by atoms with Gasteiger partial charge in [-0.05, 0) is 40.5 Å². The summed E-state index contributed by atoms with van der Waals surface area (Å²) in [5.41, 5.74) is 2.71. The standard InChI is InChI=1S/C25H27Br2N3O4/c1-5-6-7-8-21(31)28-25-29-23(15-9-11-16(26)12-10-15)22(27)24(30-25)17-13-19(33-3)20(34-4)14-18(17)32-2/h9-14H,5-8H2,1-4H3,(H,28,29,30,31). The van der Waals surface area contributed by atoms with Crippen LogP contribution in [0.15, 0.2) is 45.3 Å². The van der Waals surface area contributed by atoms with Crippen molar-refractivity contribution in [1.29, 1.82) is 0 Å². The van der Waals surface area contributed by atoms with Gasteiger partial charge in [0.05, 0.1) is 37.2 Å². The number of halogens is 2. The van der Waals surface area contributed by atoms with Crippen molar-refractivity contribution >= 4 is 43.7 Å². The molecule has 1 amide bonds. The van der Waals surface area contributed by atoms with Crippen molar-refractivity contribution in [2.24, 2.45) is 0 Å². The van der Waals surface area contributed by atoms with Crippen molar-refractivity contribution in [3.8, 4) is 39.8 Å². The van der Waals surface area contributed by atoms with Gasteiger partial charge in [0, 0.05) is 28.1 Å². The zero-order valence-corrected chi connectivity index (χ0v) is 22.7. The van der Waals surface area contributed by atoms with Crippen LogP contribution in [0, 0.1) is 0 Å². The molecule has 2 aromatic carbocycles. The first kappa shape index (κ1) is 26.0. The number of ether oxygens (including phenoxy) is 3. The summed E-state index contributed by atoms with van der Waals surface area (Å²) in [6, 6.07) is 11.3. The van der Waals surface area contributed by atoms with E-state index in [-0.39, 0.29) is 11.9 Å². The van der Waals surface area contributed by atoms with Gasteiger partial charge in [0.1, 0.15) is 5.75 Å². The van der Waals surface area contributed by atoms with Crippen molar-refractivity contribution in [3.05, 3.63) is 45.3 Å². The monoisotopic (exact) mass is 591 g/mol. The van der Waals surface area contributed by atoms with Crippen LogP contribution >= 0.6 is 31.9 Å². The first-order chi connectivity index (χ1) is 16.4. The number of nitrogens with zero attached hydrogens (tertiary/aromatic N) is 2. The maximum atomic E-state index is 12.5. The van der Waals surface area contributed by atoms with Crippen molar-refractivity contribution in [3.63, 3.8) is 0 Å². The highest BCUT2D eigenvalue weighted by molar-refractivity contribution is 9.11. The van der Waals surface area contributed by atoms with Gasteiger partial charge in [0.25, 0.3) is 0 Å². The van der Waals surface area contributed by atoms with Gasteiger partial charge in [-0.3, -0.25) is 10.1 Å². The number of hydrogen-bond donors (Lipinski definition) is 1. The Morgan fingerprint density at radius 2 is 1.50 bits per heavy atom. The van der Waals surface area contributed by atoms with Gasteiger partial charge >= 0.3 is 0 Å². The summed E-state index contributed by atoms with van der Waals surface area (Å²) in [6.07, 6.45) is 3.26. The molecule has 9 heteroatoms. The Bertz CT molecular complexity index is 1150. The lowest BCUT2D eigenvalue weighted by molar-refractivity contribution is -0.116. The lowest BCUT2D eigenvalue weighted by Crippen LogP contribution is -2.14. The second-order valence-electron chi connectivity index (χ2n) is 7.48. The minimum absolute atomic E-state index is 0.122. The van der Waals surface area contributed by atoms with Crippen LogP contribution in [0.1, 0.15) is 32.6 Å². The predicted molar refractivity (Wildman–Crippen MR) is 141 cm³/mol. The summed E-state index contributed by atoms with van der Waals surface area (Å²) in [7, 11) is 4.71. The molecule has 0 aliphatic carbocycles. The second kappa shape index (κ2) is 12.2. The van der Waals surface area contributed by atoms with Gasteiger partial charge < -0.3 is 14.2 Å². The Balaban J connectivity index is 2.17. The number of carbonyl (C=O) groups is 1. The highest BCUT2D eigenvalue weighted by atomic mass is 79.9. The molecule has 1 heterocycles. The molecule has 0 aliphatic heterocycles. The molecule has 1 N–H and O–H groups in total. The number of benzene rings is 2. The molecule has 180 valence electrons. The SMILES string of the molecule is CCCCCC(=O)Nc1nc(-c2ccc(Br)cc2)c(Br)c(-c2cc(OC)c(OC)cc2OC)n1. The van der Waals surface area contributed by atoms with Crippen molar-refractivity contribution < 1.29 is 19.0 Å². The zero-order valence-electron chi connectivity index (χ0n) is 19.6. The first-order valence-corrected chi connectivity index (χ1v) is 12.4. The topological polar surface area (TPSA) is 82.6 Å². The van der Waals surface area contributed by atoms with E-state index in [1.807, 2.05) is 24.3 Å². The molecule has 34 heavy (non-hydrogen) atoms. The number of amides is 1. The Kier molecular flexibility index (Phi) is 9.29. The van der Waals surface area contributed by atoms with Crippen LogP contribution in [-0.2, 0) is 4.79 Å². The van der Waals surface area contributed by atoms with Crippen LogP contribution in [0.2, 0.25) is 0 Å². The van der Waals surface area contributed by atoms with Crippen LogP contribution in [0.5, 0.6) is 17.2 Å². The normalized spacial score (nSPS) is 10.6. The smallest absolute Gasteiger partial charge is 0.230 e. The maximum Gasteiger partial charge on any atom is 0.230 e. The summed E-state index contributed by atoms with van der Waals surface area (Å²) < 4.78 is 18.2. The van der Waals surface area contributed by atoms with Gasteiger partial charge in [-0.15, -0.1) is 0 Å². The van der Waals surface area contributed by atoms with E-state index in [1.54, 1.807) is 33.5 Å². The van der Waals surface area contributed by atoms with Crippen LogP contribution in [0.4, 0.5) is 5.95 Å². The van der Waals surface area contributed by atoms with E-state index in [2.05, 4.69) is 54.1 Å². The minimum atomic E-state index is -0.122. The average Bonchev–Trinajstić information content (AvgIpc) is 2.84. The number of unbranched alkanes of at least 4 members (excludes halogenated alkanes) is 2. The number of rotatable bonds is 10. The predicted octanol–water partition coefficient (Wildman–Crippen LogP) is 6.88. The van der Waals surface area contributed by atoms with E-state index in [0.717, 1.165) is 29.3 Å². The molecule has 0 saturated carbocycles. The Morgan fingerprint density at radius 1 is 0.882 bits per heavy atom. The molecule has 3 aromatic rings. The van der Waals surface area contributed by atoms with Gasteiger partial charge in [0.2, 0.25) is 11.9 Å². The Morgan fingerprint density at radius 3 is 2.12 bits per heavy atom. The summed E-state index contributed by atoms with van der Waals surface area (Å²) in [4.78, 5) is 21.9. The van der Waals surface area contributed by atoms with E-state index in [4.69, 9.17) is 14.2 Å². The van der Waals surface area contributed by atoms with Crippen LogP contribution in [0.3, 0.4) is 0 Å². The molecule has 0 radical (unpaired) electrons. The number of methoxy groups -OCH3 is 3. The summed E-state index contributed by atoms with van der Waals surface area (Å²) in [6.45, 7) is 2.10. The van der Waals surface area contributed by atoms with Crippen molar-refractivity contribution in [1.82, 2.24) is 9.97 Å². The molecule has 1 aromatic heterocycles. The molecule has 0 fully saturated rings. The molecular weight excluding hydrogens is 566 g/mol. The molecule has 0 aliphatic rings. The van der Waals surface area contributed by atoms with Crippen molar-refractivity contribution in [2.45, 2.75) is 32.6 Å². The van der Waals surface area contributed by atoms with Crippen LogP contribution < -0.4 is 19.5 Å². The fraction of sp³-hybridized carbons (Fsp3) is 0.320. The lowest BCUT2D eigenvalue weighted by Gasteiger charge is -2.17. The largest absolute Gasteiger partial charge is 0.496 e. The second-order valence-corrected chi connectivity index (χ2v) is 9.19. The molecule has 0 unspecified atom stereocenters. The average molecular weight is 593 g/mol. The highest BCUT2D eigenvalue weighted by Crippen LogP contribution is 2.44. The third kappa shape index (κ3) is 6.07. The Hall–Kier alpha value is -2.65. The number of nitrogens with one attached hydrogen (secondary N) is 1. The number of hydrogen-bond acceptors (Lipinski definition) is 6. The van der Waals surface area contributed by atoms with Gasteiger partial charge in [-0.25, -0.2) is 9.97 Å². The van der Waals surface area contributed by atoms with E-state index < -0.39 is 0 Å². The van der Waals surface area contributed by atoms with Gasteiger partial charge in [0.15, 0.2) is 11.5 Å². The quantitative estimate of drug-likeness (QED) is 0.258. The lowest BCUT2D eigenvalue weighted by atomic mass is 10.1. The van der Waals surface area contributed by atoms with Gasteiger partial charge in [-0.2, -0.15) is 0 Å². The fourth-order valence-corrected chi connectivity index (χ4v) is 4.30. The molecule has 0 bridgehead atoms. The van der Waals surface area contributed by atoms with Crippen molar-refractivity contribution in [2.75, 3.05) is 26.6 Å². The van der Waals surface area contributed by atoms with Gasteiger partial charge in [-0.1, -0.05) is 47.8 Å². The third-order valence-corrected chi connectivity index (χ3v) is 6.47. The van der Waals surface area contributed by atoms with E-state index in [1.165, 1.54) is 0 Å². The maximum absolute atomic E-state index is 12.5. The number of anilines is 1. The summed E-state index contributed by atoms with van der Waals surface area (Å²) in [5.74, 6) is 1.70. The van der Waals surface area contributed by atoms with E-state index in [9.17, 15) is 4.79 Å². The van der Waals surface area contributed by atoms with E-state index in [0.29, 0.717) is 45.1 Å².